The first kappa shape index (κ1) is 34.0. The Kier molecular flexibility index (Phi) is 11.3. The molecule has 0 unspecified atom stereocenters. The lowest BCUT2D eigenvalue weighted by Gasteiger charge is -2.41. The Balaban J connectivity index is 1.77. The van der Waals surface area contributed by atoms with Crippen molar-refractivity contribution in [2.24, 2.45) is 5.41 Å². The molecule has 10 nitrogen and oxygen atoms in total. The molecule has 1 saturated heterocycles. The smallest absolute Gasteiger partial charge is 0.250 e. The van der Waals surface area contributed by atoms with E-state index in [1.807, 2.05) is 83.1 Å². The molecule has 3 aromatic rings. The fraction of sp³-hybridized carbons (Fsp3) is 0.486. The molecular formula is C35H48N4O6. The van der Waals surface area contributed by atoms with Gasteiger partial charge in [0.05, 0.1) is 33.1 Å². The van der Waals surface area contributed by atoms with Crippen LogP contribution in [0.5, 0.6) is 11.5 Å². The third kappa shape index (κ3) is 9.09. The average Bonchev–Trinajstić information content (AvgIpc) is 3.03. The molecule has 2 N–H and O–H groups in total. The SMILES string of the molecule is CCOCC(=O)Nc1c(N(Cc2ccc(OC)cc2)Cc2ccc(OC)cc2)nc(C)c(C)c1NCC1(C)COC(C)(C)OC1. The molecule has 1 aliphatic heterocycles. The number of nitrogens with zero attached hydrogens (tertiary/aromatic N) is 2. The van der Waals surface area contributed by atoms with Crippen molar-refractivity contribution in [2.75, 3.05) is 62.7 Å². The van der Waals surface area contributed by atoms with Gasteiger partial charge in [-0.1, -0.05) is 31.2 Å². The summed E-state index contributed by atoms with van der Waals surface area (Å²) in [5.41, 5.74) is 5.06. The third-order valence-electron chi connectivity index (χ3n) is 7.96. The number of methoxy groups -OCH3 is 2. The second-order valence-corrected chi connectivity index (χ2v) is 12.3. The summed E-state index contributed by atoms with van der Waals surface area (Å²) in [6.07, 6.45) is 0. The van der Waals surface area contributed by atoms with Crippen LogP contribution in [0.3, 0.4) is 0 Å². The number of nitrogens with one attached hydrogen (secondary N) is 2. The van der Waals surface area contributed by atoms with E-state index in [0.29, 0.717) is 51.0 Å². The molecule has 0 spiro atoms. The van der Waals surface area contributed by atoms with E-state index in [9.17, 15) is 4.79 Å². The highest BCUT2D eigenvalue weighted by atomic mass is 16.7. The number of carbonyl (C=O) groups excluding carboxylic acids is 1. The number of aromatic nitrogens is 1. The zero-order valence-corrected chi connectivity index (χ0v) is 27.9. The molecule has 244 valence electrons. The van der Waals surface area contributed by atoms with Crippen molar-refractivity contribution in [1.29, 1.82) is 0 Å². The number of pyridine rings is 1. The largest absolute Gasteiger partial charge is 0.497 e. The normalized spacial score (nSPS) is 15.3. The lowest BCUT2D eigenvalue weighted by Crippen LogP contribution is -2.48. The van der Waals surface area contributed by atoms with Crippen molar-refractivity contribution in [3.8, 4) is 11.5 Å². The van der Waals surface area contributed by atoms with Crippen LogP contribution in [0.4, 0.5) is 17.2 Å². The summed E-state index contributed by atoms with van der Waals surface area (Å²) >= 11 is 0. The van der Waals surface area contributed by atoms with Gasteiger partial charge in [0.1, 0.15) is 23.8 Å². The number of benzene rings is 2. The third-order valence-corrected chi connectivity index (χ3v) is 7.96. The second-order valence-electron chi connectivity index (χ2n) is 12.3. The van der Waals surface area contributed by atoms with Crippen LogP contribution >= 0.6 is 0 Å². The van der Waals surface area contributed by atoms with E-state index in [0.717, 1.165) is 39.6 Å². The monoisotopic (exact) mass is 620 g/mol. The van der Waals surface area contributed by atoms with Gasteiger partial charge in [0, 0.05) is 37.4 Å². The van der Waals surface area contributed by atoms with Gasteiger partial charge in [-0.3, -0.25) is 4.79 Å². The quantitative estimate of drug-likeness (QED) is 0.221. The summed E-state index contributed by atoms with van der Waals surface area (Å²) < 4.78 is 28.2. The molecule has 10 heteroatoms. The Labute approximate surface area is 267 Å². The average molecular weight is 621 g/mol. The minimum Gasteiger partial charge on any atom is -0.497 e. The highest BCUT2D eigenvalue weighted by Gasteiger charge is 2.37. The van der Waals surface area contributed by atoms with Gasteiger partial charge < -0.3 is 39.2 Å². The summed E-state index contributed by atoms with van der Waals surface area (Å²) in [6.45, 7) is 14.9. The van der Waals surface area contributed by atoms with E-state index in [4.69, 9.17) is 28.7 Å². The van der Waals surface area contributed by atoms with Crippen molar-refractivity contribution in [3.05, 3.63) is 70.9 Å². The highest BCUT2D eigenvalue weighted by Crippen LogP contribution is 2.39. The Bertz CT molecular complexity index is 1370. The van der Waals surface area contributed by atoms with E-state index in [-0.39, 0.29) is 17.9 Å². The molecular weight excluding hydrogens is 572 g/mol. The summed E-state index contributed by atoms with van der Waals surface area (Å²) in [6, 6.07) is 16.0. The van der Waals surface area contributed by atoms with E-state index >= 15 is 0 Å². The first-order valence-corrected chi connectivity index (χ1v) is 15.4. The molecule has 2 heterocycles. The Morgan fingerprint density at radius 1 is 0.889 bits per heavy atom. The van der Waals surface area contributed by atoms with Crippen LogP contribution in [0.2, 0.25) is 0 Å². The van der Waals surface area contributed by atoms with Crippen LogP contribution in [-0.2, 0) is 32.1 Å². The van der Waals surface area contributed by atoms with Crippen molar-refractivity contribution in [1.82, 2.24) is 4.98 Å². The van der Waals surface area contributed by atoms with Crippen LogP contribution in [0.1, 0.15) is 50.1 Å². The van der Waals surface area contributed by atoms with Crippen LogP contribution in [0.25, 0.3) is 0 Å². The molecule has 45 heavy (non-hydrogen) atoms. The van der Waals surface area contributed by atoms with Gasteiger partial charge in [0.25, 0.3) is 5.91 Å². The zero-order chi connectivity index (χ0) is 32.6. The molecule has 2 aromatic carbocycles. The van der Waals surface area contributed by atoms with Crippen molar-refractivity contribution >= 4 is 23.1 Å². The Morgan fingerprint density at radius 2 is 1.42 bits per heavy atom. The fourth-order valence-corrected chi connectivity index (χ4v) is 5.01. The fourth-order valence-electron chi connectivity index (χ4n) is 5.01. The van der Waals surface area contributed by atoms with Crippen LogP contribution in [-0.4, -0.2) is 63.9 Å². The van der Waals surface area contributed by atoms with Gasteiger partial charge in [-0.05, 0) is 75.6 Å². The van der Waals surface area contributed by atoms with Gasteiger partial charge in [-0.25, -0.2) is 4.98 Å². The van der Waals surface area contributed by atoms with E-state index in [1.54, 1.807) is 14.2 Å². The minimum atomic E-state index is -0.613. The van der Waals surface area contributed by atoms with Crippen LogP contribution < -0.4 is 25.0 Å². The number of aryl methyl sites for hydroxylation is 1. The van der Waals surface area contributed by atoms with Gasteiger partial charge in [-0.2, -0.15) is 0 Å². The van der Waals surface area contributed by atoms with Crippen molar-refractivity contribution in [2.45, 2.75) is 60.4 Å². The molecule has 0 atom stereocenters. The van der Waals surface area contributed by atoms with E-state index in [2.05, 4.69) is 22.5 Å². The van der Waals surface area contributed by atoms with Gasteiger partial charge in [0.15, 0.2) is 11.6 Å². The molecule has 1 fully saturated rings. The maximum Gasteiger partial charge on any atom is 0.250 e. The molecule has 0 aliphatic carbocycles. The Hall–Kier alpha value is -3.86. The zero-order valence-electron chi connectivity index (χ0n) is 27.9. The highest BCUT2D eigenvalue weighted by molar-refractivity contribution is 5.99. The number of carbonyl (C=O) groups is 1. The second kappa shape index (κ2) is 14.9. The maximum atomic E-state index is 13.2. The summed E-state index contributed by atoms with van der Waals surface area (Å²) in [5.74, 6) is 1.36. The number of ether oxygens (including phenoxy) is 5. The number of amides is 1. The molecule has 1 amide bonds. The molecule has 0 radical (unpaired) electrons. The van der Waals surface area contributed by atoms with Gasteiger partial charge in [-0.15, -0.1) is 0 Å². The first-order valence-electron chi connectivity index (χ1n) is 15.4. The van der Waals surface area contributed by atoms with Crippen molar-refractivity contribution in [3.63, 3.8) is 0 Å². The summed E-state index contributed by atoms with van der Waals surface area (Å²) in [4.78, 5) is 20.5. The van der Waals surface area contributed by atoms with Crippen LogP contribution in [0, 0.1) is 19.3 Å². The topological polar surface area (TPSA) is 103 Å². The lowest BCUT2D eigenvalue weighted by molar-refractivity contribution is -0.279. The van der Waals surface area contributed by atoms with Crippen molar-refractivity contribution < 1.29 is 28.5 Å². The van der Waals surface area contributed by atoms with Crippen LogP contribution in [0.15, 0.2) is 48.5 Å². The lowest BCUT2D eigenvalue weighted by atomic mass is 9.91. The van der Waals surface area contributed by atoms with Gasteiger partial charge in [0.2, 0.25) is 0 Å². The molecule has 1 aliphatic rings. The molecule has 0 bridgehead atoms. The number of hydrogen-bond donors (Lipinski definition) is 2. The Morgan fingerprint density at radius 3 is 1.91 bits per heavy atom. The predicted octanol–water partition coefficient (Wildman–Crippen LogP) is 6.10. The first-order chi connectivity index (χ1) is 21.5. The molecule has 4 rings (SSSR count). The standard InChI is InChI=1S/C35H48N4O6/c1-9-43-20-30(40)38-32-31(36-21-35(6)22-44-34(4,5)45-23-35)24(2)25(3)37-33(32)39(18-26-10-14-28(41-7)15-11-26)19-27-12-16-29(42-8)17-13-27/h10-17H,9,18-23H2,1-8H3,(H,36,37)(H,38,40). The summed E-state index contributed by atoms with van der Waals surface area (Å²) in [5, 5.41) is 6.81. The van der Waals surface area contributed by atoms with E-state index < -0.39 is 5.79 Å². The number of rotatable bonds is 14. The van der Waals surface area contributed by atoms with Gasteiger partial charge >= 0.3 is 0 Å². The summed E-state index contributed by atoms with van der Waals surface area (Å²) in [7, 11) is 3.31. The van der Waals surface area contributed by atoms with E-state index in [1.165, 1.54) is 0 Å². The number of hydrogen-bond acceptors (Lipinski definition) is 9. The minimum absolute atomic E-state index is 0.0618. The molecule has 1 aromatic heterocycles. The molecule has 0 saturated carbocycles. The number of anilines is 3. The maximum absolute atomic E-state index is 13.2. The predicted molar refractivity (Wildman–Crippen MR) is 177 cm³/mol.